The molecule has 0 saturated carbocycles. The number of esters is 1. The predicted molar refractivity (Wildman–Crippen MR) is 295 cm³/mol. The molecule has 2 aliphatic carbocycles. The second kappa shape index (κ2) is 23.2. The maximum atomic E-state index is 14.7. The standard InChI is InChI=1S/C61H53F2N3O7S2/c1-7-40-9-8-10-45(28-40)66-61-56-33-58(71-25-26-73-60(67)34-53-39(4)52(49-22-16-44(63)32-55(49)53)30-42-13-19-47(20-14-42)75(6)69)59(35-57(56)64-36-65-61)72-24-23-70-37(2)27-50-38(3)51(48-21-15-43(62)31-54(48)50)29-41-11-17-46(18-12-41)74(5)68/h1,8-22,28-33,35-37H,23-27,34H2,2-6H3,(H,64,65,66)/b51-29+,52-30+. The minimum atomic E-state index is -1.12. The van der Waals surface area contributed by atoms with Gasteiger partial charge in [-0.3, -0.25) is 13.2 Å². The number of allylic oxidation sites excluding steroid dienone is 4. The zero-order valence-corrected chi connectivity index (χ0v) is 43.6. The Morgan fingerprint density at radius 1 is 0.693 bits per heavy atom. The number of nitrogens with zero attached hydrogens (tertiary/aromatic N) is 2. The number of carbonyl (C=O) groups excluding carboxylic acids is 1. The van der Waals surface area contributed by atoms with Gasteiger partial charge in [0, 0.05) is 66.6 Å². The van der Waals surface area contributed by atoms with Gasteiger partial charge in [-0.05, 0) is 179 Å². The van der Waals surface area contributed by atoms with Crippen LogP contribution >= 0.6 is 0 Å². The van der Waals surface area contributed by atoms with Gasteiger partial charge in [0.1, 0.15) is 43.6 Å². The first kappa shape index (κ1) is 52.0. The lowest BCUT2D eigenvalue weighted by molar-refractivity contribution is -0.143. The van der Waals surface area contributed by atoms with Gasteiger partial charge in [0.2, 0.25) is 0 Å². The molecular formula is C61H53F2N3O7S2. The number of carbonyl (C=O) groups is 1. The molecule has 0 saturated heterocycles. The number of ether oxygens (including phenoxy) is 4. The maximum Gasteiger partial charge on any atom is 0.310 e. The number of anilines is 2. The number of benzene rings is 6. The third-order valence-electron chi connectivity index (χ3n) is 13.1. The highest BCUT2D eigenvalue weighted by Crippen LogP contribution is 2.46. The highest BCUT2D eigenvalue weighted by atomic mass is 32.2. The third kappa shape index (κ3) is 12.1. The van der Waals surface area contributed by atoms with Crippen LogP contribution in [0.25, 0.3) is 45.3 Å². The molecule has 1 aromatic heterocycles. The zero-order chi connectivity index (χ0) is 52.8. The summed E-state index contributed by atoms with van der Waals surface area (Å²) in [6.07, 6.45) is 14.6. The van der Waals surface area contributed by atoms with E-state index in [4.69, 9.17) is 25.4 Å². The molecule has 75 heavy (non-hydrogen) atoms. The first-order valence-electron chi connectivity index (χ1n) is 24.2. The summed E-state index contributed by atoms with van der Waals surface area (Å²) in [4.78, 5) is 24.0. The van der Waals surface area contributed by atoms with E-state index in [1.807, 2.05) is 106 Å². The van der Waals surface area contributed by atoms with Gasteiger partial charge >= 0.3 is 5.97 Å². The van der Waals surface area contributed by atoms with E-state index >= 15 is 0 Å². The monoisotopic (exact) mass is 1040 g/mol. The molecule has 2 aliphatic rings. The van der Waals surface area contributed by atoms with Crippen molar-refractivity contribution >= 4 is 84.4 Å². The number of hydrogen-bond donors (Lipinski definition) is 1. The van der Waals surface area contributed by atoms with Crippen molar-refractivity contribution in [2.75, 3.05) is 44.3 Å². The number of fused-ring (bicyclic) bond motifs is 3. The molecule has 0 amide bonds. The van der Waals surface area contributed by atoms with Crippen molar-refractivity contribution in [1.29, 1.82) is 0 Å². The van der Waals surface area contributed by atoms with E-state index in [-0.39, 0.29) is 44.8 Å². The number of aromatic nitrogens is 2. The van der Waals surface area contributed by atoms with Crippen LogP contribution in [-0.4, -0.2) is 69.4 Å². The average Bonchev–Trinajstić information content (AvgIpc) is 3.80. The maximum absolute atomic E-state index is 14.7. The average molecular weight is 1040 g/mol. The molecule has 10 nitrogen and oxygen atoms in total. The van der Waals surface area contributed by atoms with Crippen molar-refractivity contribution in [3.8, 4) is 23.8 Å². The van der Waals surface area contributed by atoms with E-state index in [2.05, 4.69) is 27.3 Å². The fraction of sp³-hybridized carbons (Fsp3) is 0.197. The molecule has 1 heterocycles. The highest BCUT2D eigenvalue weighted by Gasteiger charge is 2.28. The summed E-state index contributed by atoms with van der Waals surface area (Å²) < 4.78 is 78.1. The molecular weight excluding hydrogens is 989 g/mol. The van der Waals surface area contributed by atoms with Crippen molar-refractivity contribution in [2.24, 2.45) is 0 Å². The van der Waals surface area contributed by atoms with Crippen LogP contribution in [-0.2, 0) is 35.9 Å². The summed E-state index contributed by atoms with van der Waals surface area (Å²) in [6.45, 7) is 6.12. The second-order valence-corrected chi connectivity index (χ2v) is 20.9. The van der Waals surface area contributed by atoms with E-state index in [1.54, 1.807) is 36.8 Å². The van der Waals surface area contributed by atoms with Gasteiger partial charge < -0.3 is 24.3 Å². The van der Waals surface area contributed by atoms with Gasteiger partial charge in [0.25, 0.3) is 0 Å². The van der Waals surface area contributed by atoms with Gasteiger partial charge in [0.15, 0.2) is 11.5 Å². The smallest absolute Gasteiger partial charge is 0.310 e. The Kier molecular flexibility index (Phi) is 16.1. The first-order chi connectivity index (χ1) is 36.2. The lowest BCUT2D eigenvalue weighted by Crippen LogP contribution is -2.16. The number of nitrogens with one attached hydrogen (secondary N) is 1. The fourth-order valence-electron chi connectivity index (χ4n) is 9.31. The molecule has 0 radical (unpaired) electrons. The summed E-state index contributed by atoms with van der Waals surface area (Å²) in [6, 6.07) is 35.3. The van der Waals surface area contributed by atoms with Crippen LogP contribution in [0.15, 0.2) is 149 Å². The molecule has 3 unspecified atom stereocenters. The van der Waals surface area contributed by atoms with Gasteiger partial charge in [-0.15, -0.1) is 6.42 Å². The molecule has 0 bridgehead atoms. The van der Waals surface area contributed by atoms with Crippen LogP contribution < -0.4 is 14.8 Å². The Labute approximate surface area is 440 Å². The van der Waals surface area contributed by atoms with E-state index in [0.29, 0.717) is 56.2 Å². The Bertz CT molecular complexity index is 3580. The molecule has 380 valence electrons. The SMILES string of the molecule is C#Cc1cccc(Nc2ncnc3cc(OCCOC(C)CC4=C(C)/C(=C\c5ccc(S(C)=O)cc5)c5ccc(F)cc54)c(OCCOC(=O)CC4=C(C)/C(=C\c5ccc(S(C)=O)cc5)c5ccc(F)cc54)cc23)c1. The molecule has 6 aromatic carbocycles. The predicted octanol–water partition coefficient (Wildman–Crippen LogP) is 12.6. The van der Waals surface area contributed by atoms with Crippen LogP contribution in [0.5, 0.6) is 11.5 Å². The molecule has 7 aromatic rings. The summed E-state index contributed by atoms with van der Waals surface area (Å²) in [5, 5.41) is 3.96. The van der Waals surface area contributed by atoms with Crippen LogP contribution in [0.2, 0.25) is 0 Å². The largest absolute Gasteiger partial charge is 0.487 e. The molecule has 0 fully saturated rings. The number of hydrogen-bond acceptors (Lipinski definition) is 10. The first-order valence-corrected chi connectivity index (χ1v) is 27.3. The van der Waals surface area contributed by atoms with Gasteiger partial charge in [-0.2, -0.15) is 0 Å². The quantitative estimate of drug-likeness (QED) is 0.0475. The van der Waals surface area contributed by atoms with Crippen LogP contribution in [0.4, 0.5) is 20.3 Å². The van der Waals surface area contributed by atoms with Gasteiger partial charge in [0.05, 0.1) is 24.6 Å². The number of rotatable bonds is 19. The van der Waals surface area contributed by atoms with E-state index in [9.17, 15) is 22.0 Å². The molecule has 0 spiro atoms. The summed E-state index contributed by atoms with van der Waals surface area (Å²) in [5.41, 5.74) is 12.3. The second-order valence-electron chi connectivity index (χ2n) is 18.1. The molecule has 3 atom stereocenters. The van der Waals surface area contributed by atoms with Crippen LogP contribution in [0, 0.1) is 24.0 Å². The minimum absolute atomic E-state index is 0.0350. The van der Waals surface area contributed by atoms with E-state index in [0.717, 1.165) is 66.3 Å². The Hall–Kier alpha value is -7.83. The Morgan fingerprint density at radius 3 is 1.87 bits per heavy atom. The van der Waals surface area contributed by atoms with Crippen molar-refractivity contribution in [2.45, 2.75) is 49.5 Å². The van der Waals surface area contributed by atoms with Crippen LogP contribution in [0.1, 0.15) is 72.6 Å². The van der Waals surface area contributed by atoms with E-state index < -0.39 is 33.4 Å². The summed E-state index contributed by atoms with van der Waals surface area (Å²) in [7, 11) is -2.21. The Balaban J connectivity index is 0.886. The molecule has 1 N–H and O–H groups in total. The highest BCUT2D eigenvalue weighted by molar-refractivity contribution is 7.84. The van der Waals surface area contributed by atoms with Crippen molar-refractivity contribution in [1.82, 2.24) is 9.97 Å². The molecule has 9 rings (SSSR count). The lowest BCUT2D eigenvalue weighted by Gasteiger charge is -2.18. The van der Waals surface area contributed by atoms with E-state index in [1.165, 1.54) is 24.5 Å². The zero-order valence-electron chi connectivity index (χ0n) is 42.0. The summed E-state index contributed by atoms with van der Waals surface area (Å²) in [5.74, 6) is 2.61. The van der Waals surface area contributed by atoms with Crippen molar-refractivity contribution < 1.29 is 40.9 Å². The van der Waals surface area contributed by atoms with Crippen molar-refractivity contribution in [3.63, 3.8) is 0 Å². The normalized spacial score (nSPS) is 15.2. The van der Waals surface area contributed by atoms with Crippen LogP contribution in [0.3, 0.4) is 0 Å². The van der Waals surface area contributed by atoms with Gasteiger partial charge in [-0.1, -0.05) is 48.4 Å². The number of halogens is 2. The lowest BCUT2D eigenvalue weighted by atomic mass is 10.00. The Morgan fingerprint density at radius 2 is 1.27 bits per heavy atom. The molecule has 0 aliphatic heterocycles. The molecule has 14 heteroatoms. The summed E-state index contributed by atoms with van der Waals surface area (Å²) >= 11 is 0. The topological polar surface area (TPSA) is 126 Å². The van der Waals surface area contributed by atoms with Crippen molar-refractivity contribution in [3.05, 3.63) is 189 Å². The fourth-order valence-corrected chi connectivity index (χ4v) is 10.3. The third-order valence-corrected chi connectivity index (χ3v) is 15.0. The minimum Gasteiger partial charge on any atom is -0.487 e. The van der Waals surface area contributed by atoms with Gasteiger partial charge in [-0.25, -0.2) is 18.7 Å². The number of terminal acetylenes is 1.